The summed E-state index contributed by atoms with van der Waals surface area (Å²) in [5.41, 5.74) is 1.73. The molecule has 0 radical (unpaired) electrons. The van der Waals surface area contributed by atoms with Crippen molar-refractivity contribution >= 4 is 11.6 Å². The highest BCUT2D eigenvalue weighted by Gasteiger charge is 2.07. The van der Waals surface area contributed by atoms with Gasteiger partial charge >= 0.3 is 0 Å². The summed E-state index contributed by atoms with van der Waals surface area (Å²) in [5.74, 6) is 0.814. The van der Waals surface area contributed by atoms with Crippen molar-refractivity contribution in [3.05, 3.63) is 30.6 Å². The van der Waals surface area contributed by atoms with Crippen LogP contribution >= 0.6 is 0 Å². The highest BCUT2D eigenvalue weighted by atomic mass is 16.1. The Hall–Kier alpha value is -2.17. The summed E-state index contributed by atoms with van der Waals surface area (Å²) in [4.78, 5) is 11.4. The van der Waals surface area contributed by atoms with E-state index in [1.54, 1.807) is 6.33 Å². The molecule has 0 atom stereocenters. The van der Waals surface area contributed by atoms with Crippen LogP contribution in [0.15, 0.2) is 30.6 Å². The van der Waals surface area contributed by atoms with Crippen LogP contribution in [0.5, 0.6) is 0 Å². The van der Waals surface area contributed by atoms with Gasteiger partial charge in [-0.2, -0.15) is 0 Å². The van der Waals surface area contributed by atoms with Crippen molar-refractivity contribution in [2.45, 2.75) is 26.8 Å². The second-order valence-electron chi connectivity index (χ2n) is 3.92. The van der Waals surface area contributed by atoms with Gasteiger partial charge in [0.15, 0.2) is 5.82 Å². The topological polar surface area (TPSA) is 59.8 Å². The second kappa shape index (κ2) is 5.44. The van der Waals surface area contributed by atoms with Gasteiger partial charge in [-0.3, -0.25) is 4.79 Å². The SMILES string of the molecule is CCC(=O)Nc1cccc(-c2nncn2CC)c1. The third kappa shape index (κ3) is 2.56. The lowest BCUT2D eigenvalue weighted by Gasteiger charge is -2.07. The standard InChI is InChI=1S/C13H16N4O/c1-3-12(18)15-11-7-5-6-10(8-11)13-16-14-9-17(13)4-2/h5-9H,3-4H2,1-2H3,(H,15,18). The van der Waals surface area contributed by atoms with E-state index in [0.29, 0.717) is 6.42 Å². The van der Waals surface area contributed by atoms with E-state index in [-0.39, 0.29) is 5.91 Å². The number of hydrogen-bond donors (Lipinski definition) is 1. The Morgan fingerprint density at radius 3 is 2.94 bits per heavy atom. The van der Waals surface area contributed by atoms with Crippen molar-refractivity contribution in [2.75, 3.05) is 5.32 Å². The van der Waals surface area contributed by atoms with E-state index in [0.717, 1.165) is 23.6 Å². The molecule has 1 amide bonds. The summed E-state index contributed by atoms with van der Waals surface area (Å²) >= 11 is 0. The predicted octanol–water partition coefficient (Wildman–Crippen LogP) is 2.31. The van der Waals surface area contributed by atoms with Crippen molar-refractivity contribution in [2.24, 2.45) is 0 Å². The number of amides is 1. The molecule has 2 aromatic rings. The van der Waals surface area contributed by atoms with Gasteiger partial charge in [0.1, 0.15) is 6.33 Å². The Kier molecular flexibility index (Phi) is 3.72. The molecule has 5 nitrogen and oxygen atoms in total. The molecule has 0 fully saturated rings. The lowest BCUT2D eigenvalue weighted by Crippen LogP contribution is -2.09. The van der Waals surface area contributed by atoms with Crippen LogP contribution in [0.1, 0.15) is 20.3 Å². The first-order valence-electron chi connectivity index (χ1n) is 6.02. The summed E-state index contributed by atoms with van der Waals surface area (Å²) in [6.45, 7) is 4.68. The van der Waals surface area contributed by atoms with E-state index < -0.39 is 0 Å². The number of nitrogens with one attached hydrogen (secondary N) is 1. The maximum atomic E-state index is 11.4. The smallest absolute Gasteiger partial charge is 0.224 e. The molecule has 94 valence electrons. The molecule has 1 aromatic carbocycles. The fourth-order valence-electron chi connectivity index (χ4n) is 1.70. The van der Waals surface area contributed by atoms with Crippen LogP contribution in [0.4, 0.5) is 5.69 Å². The quantitative estimate of drug-likeness (QED) is 0.897. The van der Waals surface area contributed by atoms with Gasteiger partial charge in [0.25, 0.3) is 0 Å². The number of aromatic nitrogens is 3. The monoisotopic (exact) mass is 244 g/mol. The van der Waals surface area contributed by atoms with E-state index in [1.165, 1.54) is 0 Å². The van der Waals surface area contributed by atoms with Crippen LogP contribution in [-0.2, 0) is 11.3 Å². The second-order valence-corrected chi connectivity index (χ2v) is 3.92. The Morgan fingerprint density at radius 1 is 1.39 bits per heavy atom. The van der Waals surface area contributed by atoms with Gasteiger partial charge in [-0.15, -0.1) is 10.2 Å². The van der Waals surface area contributed by atoms with Gasteiger partial charge in [0.2, 0.25) is 5.91 Å². The molecule has 0 saturated carbocycles. The summed E-state index contributed by atoms with van der Waals surface area (Å²) in [6.07, 6.45) is 2.17. The Bertz CT molecular complexity index is 547. The third-order valence-corrected chi connectivity index (χ3v) is 2.68. The van der Waals surface area contributed by atoms with Crippen LogP contribution in [0, 0.1) is 0 Å². The van der Waals surface area contributed by atoms with Crippen molar-refractivity contribution in [1.29, 1.82) is 0 Å². The molecule has 0 aliphatic carbocycles. The van der Waals surface area contributed by atoms with E-state index in [2.05, 4.69) is 15.5 Å². The molecule has 18 heavy (non-hydrogen) atoms. The minimum Gasteiger partial charge on any atom is -0.326 e. The van der Waals surface area contributed by atoms with Crippen molar-refractivity contribution in [1.82, 2.24) is 14.8 Å². The molecule has 1 aromatic heterocycles. The van der Waals surface area contributed by atoms with Crippen LogP contribution in [0.2, 0.25) is 0 Å². The number of hydrogen-bond acceptors (Lipinski definition) is 3. The molecule has 1 N–H and O–H groups in total. The lowest BCUT2D eigenvalue weighted by molar-refractivity contribution is -0.115. The van der Waals surface area contributed by atoms with Crippen LogP contribution in [0.25, 0.3) is 11.4 Å². The van der Waals surface area contributed by atoms with Gasteiger partial charge in [-0.05, 0) is 19.1 Å². The number of anilines is 1. The van der Waals surface area contributed by atoms with Crippen molar-refractivity contribution in [3.8, 4) is 11.4 Å². The lowest BCUT2D eigenvalue weighted by atomic mass is 10.2. The predicted molar refractivity (Wildman–Crippen MR) is 70.1 cm³/mol. The Labute approximate surface area is 106 Å². The fraction of sp³-hybridized carbons (Fsp3) is 0.308. The normalized spacial score (nSPS) is 10.3. The molecule has 0 bridgehead atoms. The maximum absolute atomic E-state index is 11.4. The first-order valence-corrected chi connectivity index (χ1v) is 6.02. The molecular formula is C13H16N4O. The van der Waals surface area contributed by atoms with Crippen LogP contribution in [0.3, 0.4) is 0 Å². The third-order valence-electron chi connectivity index (χ3n) is 2.68. The molecule has 5 heteroatoms. The van der Waals surface area contributed by atoms with Crippen molar-refractivity contribution < 1.29 is 4.79 Å². The van der Waals surface area contributed by atoms with Crippen LogP contribution in [-0.4, -0.2) is 20.7 Å². The van der Waals surface area contributed by atoms with E-state index in [9.17, 15) is 4.79 Å². The zero-order valence-corrected chi connectivity index (χ0v) is 10.6. The van der Waals surface area contributed by atoms with Gasteiger partial charge in [0.05, 0.1) is 0 Å². The zero-order chi connectivity index (χ0) is 13.0. The van der Waals surface area contributed by atoms with Gasteiger partial charge in [0, 0.05) is 24.2 Å². The number of aryl methyl sites for hydroxylation is 1. The van der Waals surface area contributed by atoms with Crippen molar-refractivity contribution in [3.63, 3.8) is 0 Å². The fourth-order valence-corrected chi connectivity index (χ4v) is 1.70. The Balaban J connectivity index is 2.30. The summed E-state index contributed by atoms with van der Waals surface area (Å²) in [6, 6.07) is 7.63. The highest BCUT2D eigenvalue weighted by Crippen LogP contribution is 2.20. The van der Waals surface area contributed by atoms with Gasteiger partial charge < -0.3 is 9.88 Å². The molecular weight excluding hydrogens is 228 g/mol. The molecule has 0 spiro atoms. The average molecular weight is 244 g/mol. The molecule has 0 aliphatic heterocycles. The number of benzene rings is 1. The summed E-state index contributed by atoms with van der Waals surface area (Å²) in [7, 11) is 0. The summed E-state index contributed by atoms with van der Waals surface area (Å²) in [5, 5.41) is 10.8. The zero-order valence-electron chi connectivity index (χ0n) is 10.6. The van der Waals surface area contributed by atoms with Gasteiger partial charge in [-0.1, -0.05) is 19.1 Å². The largest absolute Gasteiger partial charge is 0.326 e. The van der Waals surface area contributed by atoms with E-state index in [1.807, 2.05) is 42.7 Å². The number of carbonyl (C=O) groups is 1. The molecule has 2 rings (SSSR count). The first kappa shape index (κ1) is 12.3. The minimum atomic E-state index is 0.00380. The average Bonchev–Trinajstić information content (AvgIpc) is 2.87. The minimum absolute atomic E-state index is 0.00380. The maximum Gasteiger partial charge on any atom is 0.224 e. The van der Waals surface area contributed by atoms with E-state index >= 15 is 0 Å². The number of rotatable bonds is 4. The Morgan fingerprint density at radius 2 is 2.22 bits per heavy atom. The molecule has 1 heterocycles. The molecule has 0 saturated heterocycles. The highest BCUT2D eigenvalue weighted by molar-refractivity contribution is 5.91. The molecule has 0 aliphatic rings. The summed E-state index contributed by atoms with van der Waals surface area (Å²) < 4.78 is 1.96. The molecule has 0 unspecified atom stereocenters. The first-order chi connectivity index (χ1) is 8.74. The number of nitrogens with zero attached hydrogens (tertiary/aromatic N) is 3. The van der Waals surface area contributed by atoms with E-state index in [4.69, 9.17) is 0 Å². The van der Waals surface area contributed by atoms with Gasteiger partial charge in [-0.25, -0.2) is 0 Å². The van der Waals surface area contributed by atoms with Crippen LogP contribution < -0.4 is 5.32 Å². The number of carbonyl (C=O) groups excluding carboxylic acids is 1.